The molecule has 0 aromatic heterocycles. The van der Waals surface area contributed by atoms with E-state index in [1.165, 1.54) is 36.4 Å². The van der Waals surface area contributed by atoms with Crippen LogP contribution in [0.3, 0.4) is 0 Å². The lowest BCUT2D eigenvalue weighted by Gasteiger charge is -2.38. The lowest BCUT2D eigenvalue weighted by molar-refractivity contribution is 0.253. The molecule has 0 amide bonds. The highest BCUT2D eigenvalue weighted by molar-refractivity contribution is 8.13. The average Bonchev–Trinajstić information content (AvgIpc) is 2.45. The van der Waals surface area contributed by atoms with Crippen LogP contribution in [0.15, 0.2) is 58.3 Å². The van der Waals surface area contributed by atoms with Gasteiger partial charge in [-0.05, 0) is 55.5 Å². The van der Waals surface area contributed by atoms with E-state index in [2.05, 4.69) is 11.8 Å². The maximum absolute atomic E-state index is 12.9. The predicted octanol–water partition coefficient (Wildman–Crippen LogP) is 2.66. The molecule has 2 aromatic carbocycles. The zero-order chi connectivity index (χ0) is 16.4. The van der Waals surface area contributed by atoms with Crippen LogP contribution in [-0.2, 0) is 9.53 Å². The number of hydrogen-bond acceptors (Lipinski definition) is 2. The summed E-state index contributed by atoms with van der Waals surface area (Å²) in [5.74, 6) is 5.35. The smallest absolute Gasteiger partial charge is 0.112 e. The van der Waals surface area contributed by atoms with Gasteiger partial charge in [-0.1, -0.05) is 33.0 Å². The Hall–Kier alpha value is -1.68. The Morgan fingerprint density at radius 3 is 2.00 bits per heavy atom. The van der Waals surface area contributed by atoms with Gasteiger partial charge in [0.25, 0.3) is 0 Å². The fraction of sp³-hybridized carbons (Fsp3) is 0.125. The molecule has 22 heavy (non-hydrogen) atoms. The molecule has 0 heterocycles. The summed E-state index contributed by atoms with van der Waals surface area (Å²) in [5, 5.41) is 15.4. The van der Waals surface area contributed by atoms with Crippen LogP contribution in [0.25, 0.3) is 0 Å². The molecule has 0 spiro atoms. The third-order valence-corrected chi connectivity index (χ3v) is 5.62. The molecule has 0 saturated heterocycles. The number of halogens is 1. The molecular weight excluding hydrogens is 322 g/mol. The van der Waals surface area contributed by atoms with Crippen molar-refractivity contribution in [3.05, 3.63) is 59.1 Å². The van der Waals surface area contributed by atoms with Crippen molar-refractivity contribution < 1.29 is 13.9 Å². The lowest BCUT2D eigenvalue weighted by atomic mass is 10.2. The van der Waals surface area contributed by atoms with Crippen LogP contribution in [0.2, 0.25) is 5.02 Å². The third kappa shape index (κ3) is 3.55. The Morgan fingerprint density at radius 1 is 1.09 bits per heavy atom. The molecule has 116 valence electrons. The molecule has 6 heteroatoms. The van der Waals surface area contributed by atoms with E-state index in [0.29, 0.717) is 10.6 Å². The number of hydrogen-bond donors (Lipinski definition) is 3. The summed E-state index contributed by atoms with van der Waals surface area (Å²) in [5.41, 5.74) is 0.615. The van der Waals surface area contributed by atoms with Crippen LogP contribution < -0.4 is 5.14 Å². The molecule has 0 fully saturated rings. The van der Waals surface area contributed by atoms with E-state index in [1.54, 1.807) is 19.1 Å². The molecule has 1 unspecified atom stereocenters. The second-order valence-corrected chi connectivity index (χ2v) is 8.19. The zero-order valence-corrected chi connectivity index (χ0v) is 13.4. The van der Waals surface area contributed by atoms with E-state index in [1.807, 2.05) is 0 Å². The Bertz CT molecular complexity index is 796. The minimum Gasteiger partial charge on any atom is -0.381 e. The predicted molar refractivity (Wildman–Crippen MR) is 87.9 cm³/mol. The summed E-state index contributed by atoms with van der Waals surface area (Å²) < 4.78 is 23.4. The van der Waals surface area contributed by atoms with Crippen molar-refractivity contribution in [3.8, 4) is 11.8 Å². The molecule has 4 N–H and O–H groups in total. The quantitative estimate of drug-likeness (QED) is 0.737. The van der Waals surface area contributed by atoms with E-state index in [-0.39, 0.29) is 9.79 Å². The van der Waals surface area contributed by atoms with Crippen LogP contribution in [0, 0.1) is 11.8 Å². The monoisotopic (exact) mass is 337 g/mol. The van der Waals surface area contributed by atoms with E-state index >= 15 is 0 Å². The fourth-order valence-electron chi connectivity index (χ4n) is 1.82. The van der Waals surface area contributed by atoms with Gasteiger partial charge in [-0.15, -0.1) is 0 Å². The van der Waals surface area contributed by atoms with Crippen LogP contribution in [-0.4, -0.2) is 20.0 Å². The number of nitrogens with two attached hydrogens (primary N) is 1. The Balaban J connectivity index is 2.43. The van der Waals surface area contributed by atoms with Gasteiger partial charge in [0.15, 0.2) is 0 Å². The summed E-state index contributed by atoms with van der Waals surface area (Å²) in [6.07, 6.45) is -0.738. The maximum atomic E-state index is 12.9. The molecule has 4 nitrogen and oxygen atoms in total. The van der Waals surface area contributed by atoms with Gasteiger partial charge >= 0.3 is 0 Å². The second-order valence-electron chi connectivity index (χ2n) is 4.89. The molecule has 2 aromatic rings. The number of benzene rings is 2. The van der Waals surface area contributed by atoms with Gasteiger partial charge in [0.05, 0.1) is 9.79 Å². The molecule has 0 aliphatic rings. The van der Waals surface area contributed by atoms with Gasteiger partial charge in [-0.3, -0.25) is 4.55 Å². The van der Waals surface area contributed by atoms with Crippen LogP contribution in [0.4, 0.5) is 0 Å². The summed E-state index contributed by atoms with van der Waals surface area (Å²) in [6, 6.07) is 11.9. The van der Waals surface area contributed by atoms with Crippen molar-refractivity contribution in [2.24, 2.45) is 5.14 Å². The zero-order valence-electron chi connectivity index (χ0n) is 11.9. The van der Waals surface area contributed by atoms with Crippen molar-refractivity contribution in [1.82, 2.24) is 0 Å². The first-order valence-corrected chi connectivity index (χ1v) is 8.81. The first kappa shape index (κ1) is 16.7. The number of rotatable bonds is 2. The minimum atomic E-state index is -4.66. The van der Waals surface area contributed by atoms with E-state index in [0.717, 1.165) is 0 Å². The second kappa shape index (κ2) is 5.84. The van der Waals surface area contributed by atoms with Crippen molar-refractivity contribution in [2.45, 2.75) is 22.8 Å². The average molecular weight is 338 g/mol. The number of aliphatic hydroxyl groups excluding tert-OH is 1. The largest absolute Gasteiger partial charge is 0.381 e. The minimum absolute atomic E-state index is 0.0851. The summed E-state index contributed by atoms with van der Waals surface area (Å²) in [6.45, 7) is 1.55. The van der Waals surface area contributed by atoms with Gasteiger partial charge in [0, 0.05) is 10.6 Å². The van der Waals surface area contributed by atoms with Crippen molar-refractivity contribution in [2.75, 3.05) is 0 Å². The molecule has 0 aliphatic heterocycles. The molecule has 0 saturated carbocycles. The lowest BCUT2D eigenvalue weighted by Crippen LogP contribution is -2.42. The molecule has 0 aliphatic carbocycles. The first-order chi connectivity index (χ1) is 10.2. The molecule has 2 rings (SSSR count). The fourth-order valence-corrected chi connectivity index (χ4v) is 3.55. The SMILES string of the molecule is CC(O)C#Cc1ccc(S(N)(=O)(O)c2ccc(Cl)cc2)cc1. The van der Waals surface area contributed by atoms with E-state index in [9.17, 15) is 8.76 Å². The van der Waals surface area contributed by atoms with Gasteiger partial charge in [0.2, 0.25) is 0 Å². The Labute approximate surface area is 134 Å². The third-order valence-electron chi connectivity index (χ3n) is 3.00. The maximum Gasteiger partial charge on any atom is 0.112 e. The molecular formula is C16H16ClNO3S. The highest BCUT2D eigenvalue weighted by atomic mass is 35.5. The van der Waals surface area contributed by atoms with E-state index in [4.69, 9.17) is 21.8 Å². The van der Waals surface area contributed by atoms with Crippen LogP contribution >= 0.6 is 11.6 Å². The molecule has 0 bridgehead atoms. The standard InChI is InChI=1S/C16H16ClNO3S/c1-12(19)2-3-13-4-8-15(9-5-13)22(18,20,21)16-10-6-14(17)7-11-16/h4-12,19H,1H3,(H3,18,20,21). The number of aliphatic hydroxyl groups is 1. The summed E-state index contributed by atoms with van der Waals surface area (Å²) >= 11 is 5.79. The Morgan fingerprint density at radius 2 is 1.55 bits per heavy atom. The highest BCUT2D eigenvalue weighted by Crippen LogP contribution is 2.35. The summed E-state index contributed by atoms with van der Waals surface area (Å²) in [7, 11) is -4.66. The van der Waals surface area contributed by atoms with Crippen molar-refractivity contribution >= 4 is 21.1 Å². The van der Waals surface area contributed by atoms with Gasteiger partial charge in [-0.2, -0.15) is 4.21 Å². The Kier molecular flexibility index (Phi) is 4.43. The normalized spacial score (nSPS) is 14.3. The van der Waals surface area contributed by atoms with Gasteiger partial charge in [-0.25, -0.2) is 5.14 Å². The topological polar surface area (TPSA) is 83.5 Å². The van der Waals surface area contributed by atoms with Crippen molar-refractivity contribution in [3.63, 3.8) is 0 Å². The first-order valence-electron chi connectivity index (χ1n) is 6.45. The van der Waals surface area contributed by atoms with Gasteiger partial charge in [0.1, 0.15) is 6.10 Å². The highest BCUT2D eigenvalue weighted by Gasteiger charge is 2.27. The van der Waals surface area contributed by atoms with Crippen LogP contribution in [0.5, 0.6) is 0 Å². The van der Waals surface area contributed by atoms with Crippen LogP contribution in [0.1, 0.15) is 12.5 Å². The van der Waals surface area contributed by atoms with E-state index < -0.39 is 15.6 Å². The molecule has 0 radical (unpaired) electrons. The summed E-state index contributed by atoms with van der Waals surface area (Å²) in [4.78, 5) is 0.172. The molecule has 1 atom stereocenters. The van der Waals surface area contributed by atoms with Crippen molar-refractivity contribution in [1.29, 1.82) is 0 Å². The van der Waals surface area contributed by atoms with Gasteiger partial charge < -0.3 is 5.11 Å².